The average molecular weight is 583 g/mol. The maximum atomic E-state index is 12.1. The molecule has 0 amide bonds. The third-order valence-electron chi connectivity index (χ3n) is 8.43. The molecule has 246 valence electrons. The van der Waals surface area contributed by atoms with Crippen molar-refractivity contribution in [1.82, 2.24) is 0 Å². The highest BCUT2D eigenvalue weighted by atomic mass is 16.6. The topological polar surface area (TPSA) is 55.8 Å². The molecule has 0 aliphatic heterocycles. The van der Waals surface area contributed by atoms with Gasteiger partial charge >= 0.3 is 5.97 Å². The molecule has 1 unspecified atom stereocenters. The summed E-state index contributed by atoms with van der Waals surface area (Å²) >= 11 is 0. The number of aliphatic hydroxyl groups excluding tert-OH is 1. The molecule has 41 heavy (non-hydrogen) atoms. The fourth-order valence-electron chi connectivity index (χ4n) is 5.62. The minimum absolute atomic E-state index is 0.163. The Labute approximate surface area is 257 Å². The van der Waals surface area contributed by atoms with E-state index in [1.165, 1.54) is 167 Å². The highest BCUT2D eigenvalue weighted by Gasteiger charge is 2.13. The van der Waals surface area contributed by atoms with E-state index in [0.29, 0.717) is 19.6 Å². The maximum Gasteiger partial charge on any atom is 0.306 e. The van der Waals surface area contributed by atoms with E-state index < -0.39 is 6.10 Å². The average Bonchev–Trinajstić information content (AvgIpc) is 2.98. The lowest BCUT2D eigenvalue weighted by Crippen LogP contribution is -2.27. The number of esters is 1. The first-order valence-electron chi connectivity index (χ1n) is 18.6. The zero-order valence-corrected chi connectivity index (χ0v) is 28.1. The summed E-state index contributed by atoms with van der Waals surface area (Å²) in [5, 5.41) is 9.54. The normalized spacial score (nSPS) is 12.2. The van der Waals surface area contributed by atoms with Crippen molar-refractivity contribution in [3.8, 4) is 0 Å². The van der Waals surface area contributed by atoms with Crippen LogP contribution in [0.3, 0.4) is 0 Å². The molecule has 0 bridgehead atoms. The fraction of sp³-hybridized carbons (Fsp3) is 0.973. The summed E-state index contributed by atoms with van der Waals surface area (Å²) in [5.74, 6) is -0.195. The van der Waals surface area contributed by atoms with Crippen LogP contribution < -0.4 is 0 Å². The number of aliphatic hydroxyl groups is 1. The third kappa shape index (κ3) is 33.8. The van der Waals surface area contributed by atoms with Gasteiger partial charge in [0, 0.05) is 13.0 Å². The van der Waals surface area contributed by atoms with E-state index in [9.17, 15) is 9.90 Å². The summed E-state index contributed by atoms with van der Waals surface area (Å²) < 4.78 is 11.1. The van der Waals surface area contributed by atoms with E-state index in [4.69, 9.17) is 9.47 Å². The smallest absolute Gasteiger partial charge is 0.306 e. The van der Waals surface area contributed by atoms with Crippen LogP contribution in [0.5, 0.6) is 0 Å². The van der Waals surface area contributed by atoms with Crippen molar-refractivity contribution in [1.29, 1.82) is 0 Å². The van der Waals surface area contributed by atoms with Gasteiger partial charge in [-0.2, -0.15) is 0 Å². The number of ether oxygens (including phenoxy) is 2. The molecule has 1 atom stereocenters. The van der Waals surface area contributed by atoms with Gasteiger partial charge in [0.05, 0.1) is 13.2 Å². The monoisotopic (exact) mass is 583 g/mol. The zero-order chi connectivity index (χ0) is 29.9. The molecule has 0 heterocycles. The second kappa shape index (κ2) is 35.6. The highest BCUT2D eigenvalue weighted by molar-refractivity contribution is 5.69. The van der Waals surface area contributed by atoms with Crippen LogP contribution in [-0.4, -0.2) is 37.0 Å². The molecule has 0 aliphatic rings. The summed E-state index contributed by atoms with van der Waals surface area (Å²) in [6, 6.07) is 0. The summed E-state index contributed by atoms with van der Waals surface area (Å²) in [7, 11) is 0. The van der Waals surface area contributed by atoms with Crippen LogP contribution >= 0.6 is 0 Å². The minimum Gasteiger partial charge on any atom is -0.457 e. The third-order valence-corrected chi connectivity index (χ3v) is 8.43. The fourth-order valence-corrected chi connectivity index (χ4v) is 5.62. The highest BCUT2D eigenvalue weighted by Crippen LogP contribution is 2.15. The first kappa shape index (κ1) is 40.4. The molecule has 4 nitrogen and oxygen atoms in total. The summed E-state index contributed by atoms with van der Waals surface area (Å²) in [4.78, 5) is 12.1. The van der Waals surface area contributed by atoms with Gasteiger partial charge < -0.3 is 14.6 Å². The summed E-state index contributed by atoms with van der Waals surface area (Å²) in [5.41, 5.74) is 0. The van der Waals surface area contributed by atoms with Crippen LogP contribution in [0, 0.1) is 0 Å². The van der Waals surface area contributed by atoms with Crippen LogP contribution in [0.25, 0.3) is 0 Å². The Kier molecular flexibility index (Phi) is 35.1. The van der Waals surface area contributed by atoms with Gasteiger partial charge in [-0.05, 0) is 12.8 Å². The van der Waals surface area contributed by atoms with Crippen LogP contribution in [0.2, 0.25) is 0 Å². The van der Waals surface area contributed by atoms with Crippen molar-refractivity contribution in [2.24, 2.45) is 0 Å². The van der Waals surface area contributed by atoms with Crippen LogP contribution in [0.1, 0.15) is 206 Å². The molecule has 0 aromatic carbocycles. The molecule has 0 aliphatic carbocycles. The van der Waals surface area contributed by atoms with E-state index in [0.717, 1.165) is 19.3 Å². The molecule has 0 rings (SSSR count). The van der Waals surface area contributed by atoms with Gasteiger partial charge in [0.25, 0.3) is 0 Å². The standard InChI is InChI=1S/C37H74O4/c1-3-5-7-9-11-13-15-17-18-19-20-21-22-24-26-28-30-32-37(39)41-36(34-38)35-40-33-31-29-27-25-23-16-14-12-10-8-6-4-2/h36,38H,3-35H2,1-2H3. The van der Waals surface area contributed by atoms with Crippen LogP contribution in [0.4, 0.5) is 0 Å². The number of hydrogen-bond donors (Lipinski definition) is 1. The van der Waals surface area contributed by atoms with Gasteiger partial charge in [-0.15, -0.1) is 0 Å². The molecular weight excluding hydrogens is 508 g/mol. The number of rotatable bonds is 35. The quantitative estimate of drug-likeness (QED) is 0.0596. The second-order valence-electron chi connectivity index (χ2n) is 12.7. The molecule has 0 spiro atoms. The van der Waals surface area contributed by atoms with E-state index in [-0.39, 0.29) is 12.6 Å². The molecule has 4 heteroatoms. The van der Waals surface area contributed by atoms with E-state index in [1.54, 1.807) is 0 Å². The van der Waals surface area contributed by atoms with Gasteiger partial charge in [-0.1, -0.05) is 187 Å². The van der Waals surface area contributed by atoms with Gasteiger partial charge in [0.2, 0.25) is 0 Å². The van der Waals surface area contributed by atoms with Crippen LogP contribution in [0.15, 0.2) is 0 Å². The number of unbranched alkanes of at least 4 members (excludes halogenated alkanes) is 27. The zero-order valence-electron chi connectivity index (χ0n) is 28.1. The Morgan fingerprint density at radius 3 is 1.15 bits per heavy atom. The van der Waals surface area contributed by atoms with Gasteiger partial charge in [-0.25, -0.2) is 0 Å². The largest absolute Gasteiger partial charge is 0.457 e. The van der Waals surface area contributed by atoms with E-state index in [1.807, 2.05) is 0 Å². The lowest BCUT2D eigenvalue weighted by atomic mass is 10.0. The van der Waals surface area contributed by atoms with Gasteiger partial charge in [0.15, 0.2) is 0 Å². The first-order chi connectivity index (χ1) is 20.2. The number of carbonyl (C=O) groups excluding carboxylic acids is 1. The molecule has 0 fully saturated rings. The van der Waals surface area contributed by atoms with Crippen molar-refractivity contribution in [2.45, 2.75) is 213 Å². The Balaban J connectivity index is 3.37. The number of carbonyl (C=O) groups is 1. The molecule has 1 N–H and O–H groups in total. The molecule has 0 radical (unpaired) electrons. The lowest BCUT2D eigenvalue weighted by Gasteiger charge is -2.16. The SMILES string of the molecule is CCCCCCCCCCCCCCCCCCCC(=O)OC(CO)COCCCCCCCCCCCCCC. The first-order valence-corrected chi connectivity index (χ1v) is 18.6. The Morgan fingerprint density at radius 2 is 0.805 bits per heavy atom. The molecule has 0 aromatic rings. The van der Waals surface area contributed by atoms with E-state index in [2.05, 4.69) is 13.8 Å². The molecule has 0 saturated carbocycles. The predicted octanol–water partition coefficient (Wildman–Crippen LogP) is 11.6. The molecule has 0 saturated heterocycles. The van der Waals surface area contributed by atoms with E-state index >= 15 is 0 Å². The van der Waals surface area contributed by atoms with Crippen molar-refractivity contribution in [2.75, 3.05) is 19.8 Å². The minimum atomic E-state index is -0.523. The van der Waals surface area contributed by atoms with Crippen molar-refractivity contribution >= 4 is 5.97 Å². The van der Waals surface area contributed by atoms with Crippen molar-refractivity contribution in [3.63, 3.8) is 0 Å². The summed E-state index contributed by atoms with van der Waals surface area (Å²) in [6.07, 6.45) is 38.5. The maximum absolute atomic E-state index is 12.1. The number of hydrogen-bond acceptors (Lipinski definition) is 4. The van der Waals surface area contributed by atoms with Crippen molar-refractivity contribution < 1.29 is 19.4 Å². The Hall–Kier alpha value is -0.610. The van der Waals surface area contributed by atoms with Crippen LogP contribution in [-0.2, 0) is 14.3 Å². The summed E-state index contributed by atoms with van der Waals surface area (Å²) in [6.45, 7) is 5.38. The predicted molar refractivity (Wildman–Crippen MR) is 178 cm³/mol. The second-order valence-corrected chi connectivity index (χ2v) is 12.7. The molecule has 0 aromatic heterocycles. The lowest BCUT2D eigenvalue weighted by molar-refractivity contribution is -0.154. The Morgan fingerprint density at radius 1 is 0.488 bits per heavy atom. The molecular formula is C37H74O4. The Bertz CT molecular complexity index is 495. The van der Waals surface area contributed by atoms with Gasteiger partial charge in [0.1, 0.15) is 6.10 Å². The van der Waals surface area contributed by atoms with Crippen molar-refractivity contribution in [3.05, 3.63) is 0 Å². The van der Waals surface area contributed by atoms with Gasteiger partial charge in [-0.3, -0.25) is 4.79 Å².